The molecule has 2 rings (SSSR count). The maximum atomic E-state index is 13.1. The molecule has 0 radical (unpaired) electrons. The predicted octanol–water partition coefficient (Wildman–Crippen LogP) is 3.83. The smallest absolute Gasteiger partial charge is 0.343 e. The van der Waals surface area contributed by atoms with E-state index >= 15 is 0 Å². The summed E-state index contributed by atoms with van der Waals surface area (Å²) in [6.07, 6.45) is -2.53. The monoisotopic (exact) mass is 364 g/mol. The Morgan fingerprint density at radius 2 is 1.88 bits per heavy atom. The number of nitrogens with zero attached hydrogens (tertiary/aromatic N) is 1. The van der Waals surface area contributed by atoms with Gasteiger partial charge in [-0.2, -0.15) is 13.2 Å². The maximum absolute atomic E-state index is 13.1. The molecular formula is C17H24ClF3N2O. The molecule has 1 heterocycles. The van der Waals surface area contributed by atoms with Crippen LogP contribution in [0.4, 0.5) is 13.2 Å². The molecule has 0 aliphatic carbocycles. The minimum atomic E-state index is -4.39. The summed E-state index contributed by atoms with van der Waals surface area (Å²) in [5, 5.41) is 3.24. The summed E-state index contributed by atoms with van der Waals surface area (Å²) in [6.45, 7) is 3.42. The van der Waals surface area contributed by atoms with Crippen LogP contribution in [-0.4, -0.2) is 37.0 Å². The third kappa shape index (κ3) is 5.11. The van der Waals surface area contributed by atoms with Crippen molar-refractivity contribution in [2.45, 2.75) is 44.3 Å². The Kier molecular flexibility index (Phi) is 7.55. The first kappa shape index (κ1) is 20.8. The minimum Gasteiger partial charge on any atom is -0.343 e. The Labute approximate surface area is 147 Å². The van der Waals surface area contributed by atoms with Gasteiger partial charge in [-0.3, -0.25) is 4.79 Å². The van der Waals surface area contributed by atoms with Crippen LogP contribution in [-0.2, 0) is 11.0 Å². The van der Waals surface area contributed by atoms with E-state index in [0.29, 0.717) is 0 Å². The van der Waals surface area contributed by atoms with E-state index in [0.717, 1.165) is 32.0 Å². The van der Waals surface area contributed by atoms with Crippen LogP contribution in [0, 0.1) is 0 Å². The van der Waals surface area contributed by atoms with E-state index in [4.69, 9.17) is 0 Å². The van der Waals surface area contributed by atoms with Crippen molar-refractivity contribution in [1.82, 2.24) is 10.2 Å². The van der Waals surface area contributed by atoms with Crippen molar-refractivity contribution in [3.8, 4) is 0 Å². The molecule has 24 heavy (non-hydrogen) atoms. The highest BCUT2D eigenvalue weighted by Gasteiger charge is 2.34. The van der Waals surface area contributed by atoms with Gasteiger partial charge in [0.25, 0.3) is 0 Å². The van der Waals surface area contributed by atoms with Gasteiger partial charge in [-0.15, -0.1) is 12.4 Å². The van der Waals surface area contributed by atoms with Crippen molar-refractivity contribution in [3.63, 3.8) is 0 Å². The number of hydrogen-bond acceptors (Lipinski definition) is 2. The van der Waals surface area contributed by atoms with Crippen LogP contribution >= 0.6 is 12.4 Å². The Hall–Kier alpha value is -1.27. The molecule has 1 saturated heterocycles. The van der Waals surface area contributed by atoms with Crippen molar-refractivity contribution in [2.24, 2.45) is 0 Å². The third-order valence-electron chi connectivity index (χ3n) is 4.53. The van der Waals surface area contributed by atoms with Crippen LogP contribution in [0.25, 0.3) is 0 Å². The van der Waals surface area contributed by atoms with Crippen LogP contribution in [0.2, 0.25) is 0 Å². The number of nitrogens with one attached hydrogen (secondary N) is 1. The quantitative estimate of drug-likeness (QED) is 0.880. The van der Waals surface area contributed by atoms with E-state index < -0.39 is 17.7 Å². The molecule has 136 valence electrons. The first-order chi connectivity index (χ1) is 10.8. The molecular weight excluding hydrogens is 341 g/mol. The van der Waals surface area contributed by atoms with Crippen LogP contribution in [0.1, 0.15) is 43.2 Å². The molecule has 0 aromatic heterocycles. The highest BCUT2D eigenvalue weighted by molar-refractivity contribution is 5.85. The fraction of sp³-hybridized carbons (Fsp3) is 0.588. The SMILES string of the molecule is CC(CC(=O)N(C)C1CCNCC1)c1ccccc1C(F)(F)F.Cl. The first-order valence-electron chi connectivity index (χ1n) is 7.93. The number of hydrogen-bond donors (Lipinski definition) is 1. The molecule has 0 spiro atoms. The standard InChI is InChI=1S/C17H23F3N2O.ClH/c1-12(14-5-3-4-6-15(14)17(18,19)20)11-16(23)22(2)13-7-9-21-10-8-13;/h3-6,12-13,21H,7-11H2,1-2H3;1H. The zero-order valence-electron chi connectivity index (χ0n) is 13.9. The second-order valence-electron chi connectivity index (χ2n) is 6.18. The lowest BCUT2D eigenvalue weighted by Gasteiger charge is -2.32. The predicted molar refractivity (Wildman–Crippen MR) is 90.4 cm³/mol. The third-order valence-corrected chi connectivity index (χ3v) is 4.53. The summed E-state index contributed by atoms with van der Waals surface area (Å²) in [6, 6.07) is 5.68. The molecule has 1 aliphatic heterocycles. The number of piperidine rings is 1. The second-order valence-corrected chi connectivity index (χ2v) is 6.18. The molecule has 0 saturated carbocycles. The average molecular weight is 365 g/mol. The van der Waals surface area contributed by atoms with Crippen LogP contribution in [0.3, 0.4) is 0 Å². The number of halogens is 4. The summed E-state index contributed by atoms with van der Waals surface area (Å²) < 4.78 is 39.3. The lowest BCUT2D eigenvalue weighted by Crippen LogP contribution is -2.44. The summed E-state index contributed by atoms with van der Waals surface area (Å²) in [5.74, 6) is -0.564. The minimum absolute atomic E-state index is 0. The summed E-state index contributed by atoms with van der Waals surface area (Å²) in [7, 11) is 1.75. The summed E-state index contributed by atoms with van der Waals surface area (Å²) >= 11 is 0. The molecule has 1 aromatic rings. The lowest BCUT2D eigenvalue weighted by molar-refractivity contribution is -0.139. The van der Waals surface area contributed by atoms with Gasteiger partial charge in [0.15, 0.2) is 0 Å². The van der Waals surface area contributed by atoms with Gasteiger partial charge < -0.3 is 10.2 Å². The fourth-order valence-corrected chi connectivity index (χ4v) is 3.10. The highest BCUT2D eigenvalue weighted by Crippen LogP contribution is 2.36. The largest absolute Gasteiger partial charge is 0.416 e. The van der Waals surface area contributed by atoms with Gasteiger partial charge in [0.1, 0.15) is 0 Å². The van der Waals surface area contributed by atoms with Gasteiger partial charge in [-0.05, 0) is 43.5 Å². The number of carbonyl (C=O) groups is 1. The molecule has 1 N–H and O–H groups in total. The molecule has 7 heteroatoms. The number of rotatable bonds is 4. The van der Waals surface area contributed by atoms with Crippen molar-refractivity contribution in [2.75, 3.05) is 20.1 Å². The first-order valence-corrected chi connectivity index (χ1v) is 7.93. The van der Waals surface area contributed by atoms with E-state index in [9.17, 15) is 18.0 Å². The second kappa shape index (κ2) is 8.72. The molecule has 1 unspecified atom stereocenters. The number of carbonyl (C=O) groups excluding carboxylic acids is 1. The highest BCUT2D eigenvalue weighted by atomic mass is 35.5. The van der Waals surface area contributed by atoms with Gasteiger partial charge in [0.2, 0.25) is 5.91 Å². The average Bonchev–Trinajstić information content (AvgIpc) is 2.54. The van der Waals surface area contributed by atoms with E-state index in [1.54, 1.807) is 24.9 Å². The number of benzene rings is 1. The maximum Gasteiger partial charge on any atom is 0.416 e. The van der Waals surface area contributed by atoms with Gasteiger partial charge in [0.05, 0.1) is 5.56 Å². The topological polar surface area (TPSA) is 32.3 Å². The van der Waals surface area contributed by atoms with Gasteiger partial charge >= 0.3 is 6.18 Å². The van der Waals surface area contributed by atoms with Crippen LogP contribution in [0.15, 0.2) is 24.3 Å². The molecule has 1 amide bonds. The van der Waals surface area contributed by atoms with Gasteiger partial charge in [-0.25, -0.2) is 0 Å². The normalized spacial score (nSPS) is 17.0. The summed E-state index contributed by atoms with van der Waals surface area (Å²) in [5.41, 5.74) is -0.461. The molecule has 1 atom stereocenters. The van der Waals surface area contributed by atoms with Gasteiger partial charge in [0, 0.05) is 19.5 Å². The Bertz CT molecular complexity index is 545. The zero-order valence-corrected chi connectivity index (χ0v) is 14.7. The molecule has 0 bridgehead atoms. The Balaban J connectivity index is 0.00000288. The summed E-state index contributed by atoms with van der Waals surface area (Å²) in [4.78, 5) is 14.1. The number of alkyl halides is 3. The van der Waals surface area contributed by atoms with E-state index in [1.807, 2.05) is 0 Å². The van der Waals surface area contributed by atoms with E-state index in [-0.39, 0.29) is 36.3 Å². The van der Waals surface area contributed by atoms with E-state index in [1.165, 1.54) is 12.1 Å². The molecule has 1 aliphatic rings. The van der Waals surface area contributed by atoms with Crippen LogP contribution in [0.5, 0.6) is 0 Å². The van der Waals surface area contributed by atoms with Crippen molar-refractivity contribution in [1.29, 1.82) is 0 Å². The molecule has 1 aromatic carbocycles. The van der Waals surface area contributed by atoms with Crippen molar-refractivity contribution >= 4 is 18.3 Å². The lowest BCUT2D eigenvalue weighted by atomic mass is 9.92. The van der Waals surface area contributed by atoms with Crippen LogP contribution < -0.4 is 5.32 Å². The number of amides is 1. The van der Waals surface area contributed by atoms with E-state index in [2.05, 4.69) is 5.32 Å². The fourth-order valence-electron chi connectivity index (χ4n) is 3.10. The van der Waals surface area contributed by atoms with Crippen molar-refractivity contribution in [3.05, 3.63) is 35.4 Å². The van der Waals surface area contributed by atoms with Crippen molar-refractivity contribution < 1.29 is 18.0 Å². The molecule has 3 nitrogen and oxygen atoms in total. The zero-order chi connectivity index (χ0) is 17.0. The Morgan fingerprint density at radius 1 is 1.29 bits per heavy atom. The van der Waals surface area contributed by atoms with Gasteiger partial charge in [-0.1, -0.05) is 25.1 Å². The molecule has 1 fully saturated rings. The Morgan fingerprint density at radius 3 is 2.46 bits per heavy atom.